The second kappa shape index (κ2) is 4.77. The highest BCUT2D eigenvalue weighted by atomic mass is 35.5. The van der Waals surface area contributed by atoms with Crippen LogP contribution in [0.4, 0.5) is 5.82 Å². The molecule has 0 saturated carbocycles. The second-order valence-corrected chi connectivity index (χ2v) is 3.61. The summed E-state index contributed by atoms with van der Waals surface area (Å²) in [4.78, 5) is 14.1. The van der Waals surface area contributed by atoms with Crippen LogP contribution in [0.3, 0.4) is 0 Å². The van der Waals surface area contributed by atoms with Gasteiger partial charge in [0.2, 0.25) is 0 Å². The predicted molar refractivity (Wildman–Crippen MR) is 64.0 cm³/mol. The van der Waals surface area contributed by atoms with E-state index in [0.717, 1.165) is 11.1 Å². The summed E-state index contributed by atoms with van der Waals surface area (Å²) in [5.41, 5.74) is 1.93. The molecule has 1 heterocycles. The van der Waals surface area contributed by atoms with Crippen LogP contribution in [-0.2, 0) is 4.79 Å². The summed E-state index contributed by atoms with van der Waals surface area (Å²) >= 11 is 5.89. The van der Waals surface area contributed by atoms with E-state index in [1.54, 1.807) is 18.7 Å². The van der Waals surface area contributed by atoms with Crippen LogP contribution in [-0.4, -0.2) is 11.4 Å². The fourth-order valence-electron chi connectivity index (χ4n) is 1.36. The summed E-state index contributed by atoms with van der Waals surface area (Å²) < 4.78 is 0. The second-order valence-electron chi connectivity index (χ2n) is 3.17. The number of hydrogen-bond donors (Lipinski definition) is 1. The van der Waals surface area contributed by atoms with Gasteiger partial charge in [-0.3, -0.25) is 4.79 Å². The van der Waals surface area contributed by atoms with Crippen LogP contribution >= 0.6 is 11.6 Å². The van der Waals surface area contributed by atoms with Gasteiger partial charge in [0, 0.05) is 16.8 Å². The fraction of sp³-hybridized carbons (Fsp3) is 0. The van der Waals surface area contributed by atoms with E-state index < -0.39 is 0 Å². The summed E-state index contributed by atoms with van der Waals surface area (Å²) in [6.45, 7) is 0. The van der Waals surface area contributed by atoms with E-state index in [2.05, 4.69) is 10.3 Å². The molecule has 3 nitrogen and oxygen atoms in total. The first kappa shape index (κ1) is 10.6. The van der Waals surface area contributed by atoms with Crippen molar-refractivity contribution in [2.45, 2.75) is 0 Å². The van der Waals surface area contributed by atoms with Gasteiger partial charge in [0.25, 0.3) is 0 Å². The Morgan fingerprint density at radius 1 is 1.19 bits per heavy atom. The van der Waals surface area contributed by atoms with Crippen molar-refractivity contribution in [1.82, 2.24) is 4.98 Å². The molecule has 0 bridgehead atoms. The molecule has 1 amide bonds. The van der Waals surface area contributed by atoms with Crippen LogP contribution in [0.5, 0.6) is 0 Å². The average molecular weight is 232 g/mol. The van der Waals surface area contributed by atoms with Crippen molar-refractivity contribution in [2.75, 3.05) is 5.32 Å². The Kier molecular flexibility index (Phi) is 3.17. The molecule has 0 unspecified atom stereocenters. The lowest BCUT2D eigenvalue weighted by atomic mass is 10.1. The highest BCUT2D eigenvalue weighted by molar-refractivity contribution is 6.30. The highest BCUT2D eigenvalue weighted by Crippen LogP contribution is 2.22. The first-order valence-electron chi connectivity index (χ1n) is 4.65. The third-order valence-corrected chi connectivity index (χ3v) is 2.34. The van der Waals surface area contributed by atoms with Gasteiger partial charge >= 0.3 is 6.41 Å². The number of hydrogen-bond acceptors (Lipinski definition) is 2. The van der Waals surface area contributed by atoms with E-state index >= 15 is 0 Å². The van der Waals surface area contributed by atoms with Crippen LogP contribution in [0.1, 0.15) is 0 Å². The molecular formula is C12H8ClN2O. The number of aromatic nitrogens is 1. The van der Waals surface area contributed by atoms with Crippen LogP contribution in [0.15, 0.2) is 42.6 Å². The van der Waals surface area contributed by atoms with Gasteiger partial charge in [-0.1, -0.05) is 23.7 Å². The Bertz CT molecular complexity index is 497. The number of benzene rings is 1. The first-order valence-corrected chi connectivity index (χ1v) is 5.02. The normalized spacial score (nSPS) is 9.81. The molecule has 0 atom stereocenters. The Morgan fingerprint density at radius 3 is 2.69 bits per heavy atom. The maximum absolute atomic E-state index is 10.1. The van der Waals surface area contributed by atoms with Crippen LogP contribution in [0.2, 0.25) is 5.02 Å². The maximum Gasteiger partial charge on any atom is 0.315 e. The van der Waals surface area contributed by atoms with E-state index in [9.17, 15) is 4.79 Å². The Labute approximate surface area is 98.1 Å². The van der Waals surface area contributed by atoms with E-state index in [4.69, 9.17) is 11.6 Å². The number of rotatable bonds is 3. The molecule has 0 aliphatic heterocycles. The number of nitrogens with one attached hydrogen (secondary N) is 1. The number of halogens is 1. The minimum absolute atomic E-state index is 0.473. The molecule has 16 heavy (non-hydrogen) atoms. The topological polar surface area (TPSA) is 42.0 Å². The molecule has 1 N–H and O–H groups in total. The van der Waals surface area contributed by atoms with Crippen LogP contribution in [0, 0.1) is 0 Å². The van der Waals surface area contributed by atoms with Gasteiger partial charge in [-0.15, -0.1) is 0 Å². The predicted octanol–water partition coefficient (Wildman–Crippen LogP) is 2.88. The van der Waals surface area contributed by atoms with Crippen molar-refractivity contribution in [2.24, 2.45) is 0 Å². The molecule has 1 aromatic heterocycles. The van der Waals surface area contributed by atoms with Crippen molar-refractivity contribution in [3.8, 4) is 11.1 Å². The van der Waals surface area contributed by atoms with Gasteiger partial charge in [0.15, 0.2) is 0 Å². The molecule has 79 valence electrons. The largest absolute Gasteiger partial charge is 0.315 e. The highest BCUT2D eigenvalue weighted by Gasteiger charge is 1.99. The third kappa shape index (κ3) is 2.38. The molecule has 0 aliphatic rings. The van der Waals surface area contributed by atoms with Crippen LogP contribution in [0.25, 0.3) is 11.1 Å². The Hall–Kier alpha value is -1.87. The smallest absolute Gasteiger partial charge is 0.302 e. The maximum atomic E-state index is 10.1. The lowest BCUT2D eigenvalue weighted by molar-refractivity contribution is 0.561. The molecule has 1 radical (unpaired) electrons. The minimum Gasteiger partial charge on any atom is -0.302 e. The van der Waals surface area contributed by atoms with E-state index in [-0.39, 0.29) is 0 Å². The first-order chi connectivity index (χ1) is 7.79. The zero-order valence-electron chi connectivity index (χ0n) is 8.27. The van der Waals surface area contributed by atoms with E-state index in [1.807, 2.05) is 30.3 Å². The average Bonchev–Trinajstić information content (AvgIpc) is 2.30. The molecule has 0 fully saturated rings. The van der Waals surface area contributed by atoms with Gasteiger partial charge < -0.3 is 5.32 Å². The fourth-order valence-corrected chi connectivity index (χ4v) is 1.55. The van der Waals surface area contributed by atoms with Gasteiger partial charge in [0.1, 0.15) is 5.82 Å². The molecule has 0 aliphatic carbocycles. The monoisotopic (exact) mass is 231 g/mol. The van der Waals surface area contributed by atoms with Crippen molar-refractivity contribution < 1.29 is 4.79 Å². The lowest BCUT2D eigenvalue weighted by Crippen LogP contribution is -1.95. The van der Waals surface area contributed by atoms with Crippen molar-refractivity contribution in [3.05, 3.63) is 47.6 Å². The van der Waals surface area contributed by atoms with Gasteiger partial charge in [0.05, 0.1) is 0 Å². The number of pyridine rings is 1. The van der Waals surface area contributed by atoms with E-state index in [0.29, 0.717) is 10.8 Å². The Morgan fingerprint density at radius 2 is 2.06 bits per heavy atom. The van der Waals surface area contributed by atoms with Crippen molar-refractivity contribution in [3.63, 3.8) is 0 Å². The quantitative estimate of drug-likeness (QED) is 0.826. The minimum atomic E-state index is 0.473. The molecule has 4 heteroatoms. The van der Waals surface area contributed by atoms with E-state index in [1.165, 1.54) is 0 Å². The van der Waals surface area contributed by atoms with Gasteiger partial charge in [-0.25, -0.2) is 4.98 Å². The summed E-state index contributed by atoms with van der Waals surface area (Å²) in [5.74, 6) is 0.473. The SMILES string of the molecule is O=[C]Nc1ccc(-c2cccc(Cl)c2)cn1. The molecular weight excluding hydrogens is 224 g/mol. The number of anilines is 1. The molecule has 1 aromatic carbocycles. The van der Waals surface area contributed by atoms with Crippen molar-refractivity contribution in [1.29, 1.82) is 0 Å². The zero-order valence-corrected chi connectivity index (χ0v) is 9.03. The standard InChI is InChI=1S/C12H8ClN2O/c13-11-3-1-2-9(6-11)10-4-5-12(14-7-10)15-8-16/h1-7H,(H,14,15,16). The molecule has 0 spiro atoms. The lowest BCUT2D eigenvalue weighted by Gasteiger charge is -2.02. The summed E-state index contributed by atoms with van der Waals surface area (Å²) in [6.07, 6.45) is 3.24. The molecule has 2 aromatic rings. The zero-order chi connectivity index (χ0) is 11.4. The Balaban J connectivity index is 2.31. The summed E-state index contributed by atoms with van der Waals surface area (Å²) in [6, 6.07) is 11.1. The summed E-state index contributed by atoms with van der Waals surface area (Å²) in [5, 5.41) is 3.04. The number of carbonyl (C=O) groups excluding carboxylic acids is 1. The number of nitrogens with zero attached hydrogens (tertiary/aromatic N) is 1. The van der Waals surface area contributed by atoms with Crippen molar-refractivity contribution >= 4 is 23.8 Å². The van der Waals surface area contributed by atoms with Crippen LogP contribution < -0.4 is 5.32 Å². The molecule has 0 saturated heterocycles. The molecule has 2 rings (SSSR count). The third-order valence-electron chi connectivity index (χ3n) is 2.10. The van der Waals surface area contributed by atoms with Gasteiger partial charge in [-0.05, 0) is 29.8 Å². The summed E-state index contributed by atoms with van der Waals surface area (Å²) in [7, 11) is 0. The number of amides is 1. The van der Waals surface area contributed by atoms with Gasteiger partial charge in [-0.2, -0.15) is 0 Å².